The number of nitrogens with one attached hydrogen (secondary N) is 2. The van der Waals surface area contributed by atoms with Crippen molar-refractivity contribution < 1.29 is 4.52 Å². The fourth-order valence-corrected chi connectivity index (χ4v) is 3.85. The minimum Gasteiger partial charge on any atom is -0.361 e. The smallest absolute Gasteiger partial charge is 0.191 e. The van der Waals surface area contributed by atoms with Crippen LogP contribution in [-0.2, 0) is 25.9 Å². The van der Waals surface area contributed by atoms with E-state index in [2.05, 4.69) is 64.3 Å². The van der Waals surface area contributed by atoms with E-state index >= 15 is 0 Å². The monoisotopic (exact) mass is 427 g/mol. The Hall–Kier alpha value is -2.61. The molecule has 1 saturated heterocycles. The zero-order valence-corrected chi connectivity index (χ0v) is 19.4. The lowest BCUT2D eigenvalue weighted by molar-refractivity contribution is 0.270. The van der Waals surface area contributed by atoms with Crippen molar-refractivity contribution in [1.29, 1.82) is 0 Å². The van der Waals surface area contributed by atoms with Gasteiger partial charge in [0.05, 0.1) is 12.2 Å². The van der Waals surface area contributed by atoms with Crippen LogP contribution in [0.4, 0.5) is 5.82 Å². The molecule has 0 atom stereocenters. The summed E-state index contributed by atoms with van der Waals surface area (Å²) in [7, 11) is 0. The fraction of sp³-hybridized carbons (Fsp3) is 0.609. The molecular formula is C23H37N7O. The molecule has 31 heavy (non-hydrogen) atoms. The zero-order valence-electron chi connectivity index (χ0n) is 19.4. The van der Waals surface area contributed by atoms with E-state index in [-0.39, 0.29) is 0 Å². The summed E-state index contributed by atoms with van der Waals surface area (Å²) in [5.74, 6) is 2.79. The molecule has 0 unspecified atom stereocenters. The standard InChI is InChI=1S/C23H37N7O/c1-5-20-19(21(6-2)31-28-20)17-27-23(24-7-3)26-16-18-9-10-25-22(15-18)30-13-11-29(8-4)12-14-30/h9-10,15H,5-8,11-14,16-17H2,1-4H3,(H2,24,26,27). The molecule has 0 bridgehead atoms. The molecule has 2 aromatic rings. The predicted molar refractivity (Wildman–Crippen MR) is 125 cm³/mol. The van der Waals surface area contributed by atoms with Gasteiger partial charge < -0.3 is 25.0 Å². The normalized spacial score (nSPS) is 15.4. The molecule has 3 rings (SSSR count). The predicted octanol–water partition coefficient (Wildman–Crippen LogP) is 2.59. The second-order valence-electron chi connectivity index (χ2n) is 7.73. The number of nitrogens with zero attached hydrogens (tertiary/aromatic N) is 5. The van der Waals surface area contributed by atoms with Gasteiger partial charge in [0.2, 0.25) is 0 Å². The molecule has 3 heterocycles. The van der Waals surface area contributed by atoms with Gasteiger partial charge in [-0.1, -0.05) is 25.9 Å². The van der Waals surface area contributed by atoms with Gasteiger partial charge in [-0.3, -0.25) is 0 Å². The third-order valence-corrected chi connectivity index (χ3v) is 5.76. The van der Waals surface area contributed by atoms with Gasteiger partial charge in [-0.05, 0) is 37.6 Å². The van der Waals surface area contributed by atoms with Crippen LogP contribution in [0.3, 0.4) is 0 Å². The number of aromatic nitrogens is 2. The maximum Gasteiger partial charge on any atom is 0.191 e. The van der Waals surface area contributed by atoms with Gasteiger partial charge in [-0.15, -0.1) is 0 Å². The Kier molecular flexibility index (Phi) is 8.70. The van der Waals surface area contributed by atoms with Crippen molar-refractivity contribution in [3.63, 3.8) is 0 Å². The molecule has 0 amide bonds. The van der Waals surface area contributed by atoms with Crippen LogP contribution in [-0.4, -0.2) is 60.3 Å². The average Bonchev–Trinajstić information content (AvgIpc) is 3.23. The Morgan fingerprint density at radius 2 is 1.90 bits per heavy atom. The maximum absolute atomic E-state index is 5.48. The summed E-state index contributed by atoms with van der Waals surface area (Å²) in [5, 5.41) is 11.0. The third kappa shape index (κ3) is 6.19. The van der Waals surface area contributed by atoms with E-state index < -0.39 is 0 Å². The van der Waals surface area contributed by atoms with Gasteiger partial charge >= 0.3 is 0 Å². The number of guanidine groups is 1. The Balaban J connectivity index is 1.63. The molecule has 0 radical (unpaired) electrons. The molecule has 0 aliphatic carbocycles. The Bertz CT molecular complexity index is 819. The number of rotatable bonds is 9. The topological polar surface area (TPSA) is 81.8 Å². The van der Waals surface area contributed by atoms with E-state index in [9.17, 15) is 0 Å². The highest BCUT2D eigenvalue weighted by Gasteiger charge is 2.17. The maximum atomic E-state index is 5.48. The van der Waals surface area contributed by atoms with Crippen LogP contribution in [0.1, 0.15) is 50.3 Å². The molecule has 1 aliphatic heterocycles. The van der Waals surface area contributed by atoms with E-state index in [4.69, 9.17) is 9.52 Å². The van der Waals surface area contributed by atoms with Crippen LogP contribution in [0, 0.1) is 0 Å². The molecule has 0 saturated carbocycles. The van der Waals surface area contributed by atoms with Crippen molar-refractivity contribution in [2.75, 3.05) is 44.2 Å². The first-order chi connectivity index (χ1) is 15.2. The number of piperazine rings is 1. The summed E-state index contributed by atoms with van der Waals surface area (Å²) < 4.78 is 5.48. The number of aliphatic imine (C=N–C) groups is 1. The summed E-state index contributed by atoms with van der Waals surface area (Å²) in [4.78, 5) is 14.2. The van der Waals surface area contributed by atoms with Crippen molar-refractivity contribution in [2.45, 2.75) is 53.6 Å². The van der Waals surface area contributed by atoms with Gasteiger partial charge in [-0.2, -0.15) is 0 Å². The van der Waals surface area contributed by atoms with Gasteiger partial charge in [0.25, 0.3) is 0 Å². The summed E-state index contributed by atoms with van der Waals surface area (Å²) in [6.45, 7) is 15.9. The lowest BCUT2D eigenvalue weighted by Gasteiger charge is -2.34. The molecule has 8 heteroatoms. The summed E-state index contributed by atoms with van der Waals surface area (Å²) in [5.41, 5.74) is 3.32. The highest BCUT2D eigenvalue weighted by Crippen LogP contribution is 2.17. The fourth-order valence-electron chi connectivity index (χ4n) is 3.85. The number of pyridine rings is 1. The summed E-state index contributed by atoms with van der Waals surface area (Å²) in [6, 6.07) is 4.21. The van der Waals surface area contributed by atoms with Crippen LogP contribution < -0.4 is 15.5 Å². The van der Waals surface area contributed by atoms with Crippen LogP contribution in [0.2, 0.25) is 0 Å². The van der Waals surface area contributed by atoms with Gasteiger partial charge in [-0.25, -0.2) is 9.98 Å². The molecule has 2 N–H and O–H groups in total. The van der Waals surface area contributed by atoms with E-state index in [1.807, 2.05) is 12.3 Å². The third-order valence-electron chi connectivity index (χ3n) is 5.76. The van der Waals surface area contributed by atoms with Crippen molar-refractivity contribution in [1.82, 2.24) is 25.7 Å². The Labute approximate surface area is 186 Å². The number of hydrogen-bond donors (Lipinski definition) is 2. The molecule has 2 aromatic heterocycles. The first-order valence-corrected chi connectivity index (χ1v) is 11.6. The van der Waals surface area contributed by atoms with Crippen LogP contribution in [0.15, 0.2) is 27.8 Å². The number of anilines is 1. The van der Waals surface area contributed by atoms with Gasteiger partial charge in [0.1, 0.15) is 11.6 Å². The molecule has 1 aliphatic rings. The zero-order chi connectivity index (χ0) is 22.1. The van der Waals surface area contributed by atoms with Crippen LogP contribution >= 0.6 is 0 Å². The molecule has 1 fully saturated rings. The largest absolute Gasteiger partial charge is 0.361 e. The average molecular weight is 428 g/mol. The highest BCUT2D eigenvalue weighted by atomic mass is 16.5. The minimum absolute atomic E-state index is 0.602. The minimum atomic E-state index is 0.602. The Morgan fingerprint density at radius 1 is 1.10 bits per heavy atom. The summed E-state index contributed by atoms with van der Waals surface area (Å²) >= 11 is 0. The second-order valence-corrected chi connectivity index (χ2v) is 7.73. The number of aryl methyl sites for hydroxylation is 2. The van der Waals surface area contributed by atoms with Gasteiger partial charge in [0, 0.05) is 57.4 Å². The lowest BCUT2D eigenvalue weighted by atomic mass is 10.1. The highest BCUT2D eigenvalue weighted by molar-refractivity contribution is 5.79. The van der Waals surface area contributed by atoms with Crippen LogP contribution in [0.5, 0.6) is 0 Å². The molecule has 170 valence electrons. The van der Waals surface area contributed by atoms with E-state index in [1.165, 1.54) is 0 Å². The van der Waals surface area contributed by atoms with Crippen molar-refractivity contribution in [3.8, 4) is 0 Å². The van der Waals surface area contributed by atoms with Crippen molar-refractivity contribution >= 4 is 11.8 Å². The van der Waals surface area contributed by atoms with Gasteiger partial charge in [0.15, 0.2) is 5.96 Å². The Morgan fingerprint density at radius 3 is 2.58 bits per heavy atom. The number of hydrogen-bond acceptors (Lipinski definition) is 6. The van der Waals surface area contributed by atoms with E-state index in [0.717, 1.165) is 86.5 Å². The SMILES string of the molecule is CCNC(=NCc1ccnc(N2CCN(CC)CC2)c1)NCc1c(CC)noc1CC. The molecule has 8 nitrogen and oxygen atoms in total. The second kappa shape index (κ2) is 11.7. The first kappa shape index (κ1) is 23.1. The van der Waals surface area contributed by atoms with E-state index in [0.29, 0.717) is 13.1 Å². The summed E-state index contributed by atoms with van der Waals surface area (Å²) in [6.07, 6.45) is 3.59. The van der Waals surface area contributed by atoms with Crippen LogP contribution in [0.25, 0.3) is 0 Å². The molecule has 0 spiro atoms. The quantitative estimate of drug-likeness (QED) is 0.470. The van der Waals surface area contributed by atoms with Crippen molar-refractivity contribution in [2.24, 2.45) is 4.99 Å². The first-order valence-electron chi connectivity index (χ1n) is 11.6. The molecule has 0 aromatic carbocycles. The molecular weight excluding hydrogens is 390 g/mol. The van der Waals surface area contributed by atoms with E-state index in [1.54, 1.807) is 0 Å². The number of likely N-dealkylation sites (N-methyl/N-ethyl adjacent to an activating group) is 1. The lowest BCUT2D eigenvalue weighted by Crippen LogP contribution is -2.46. The van der Waals surface area contributed by atoms with Crippen molar-refractivity contribution in [3.05, 3.63) is 40.9 Å².